The first-order chi connectivity index (χ1) is 13.1. The van der Waals surface area contributed by atoms with Gasteiger partial charge in [-0.2, -0.15) is 0 Å². The molecule has 2 aromatic heterocycles. The molecule has 150 valence electrons. The van der Waals surface area contributed by atoms with Crippen LogP contribution in [0.5, 0.6) is 0 Å². The molecule has 0 fully saturated rings. The van der Waals surface area contributed by atoms with E-state index in [1.54, 1.807) is 17.6 Å². The molecule has 0 amide bonds. The molecule has 0 bridgehead atoms. The molecule has 1 aromatic carbocycles. The number of nitrogens with zero attached hydrogens (tertiary/aromatic N) is 2. The van der Waals surface area contributed by atoms with Gasteiger partial charge in [-0.05, 0) is 73.0 Å². The normalized spacial score (nSPS) is 14.0. The fourth-order valence-corrected chi connectivity index (χ4v) is 5.91. The molecule has 0 aliphatic carbocycles. The van der Waals surface area contributed by atoms with Gasteiger partial charge in [0.1, 0.15) is 15.4 Å². The molecular formula is C22H27BrN2OS2. The molecule has 0 radical (unpaired) electrons. The molecule has 3 nitrogen and oxygen atoms in total. The number of rotatable bonds is 6. The number of hydrogen-bond acceptors (Lipinski definition) is 3. The Morgan fingerprint density at radius 1 is 1.21 bits per heavy atom. The fraction of sp³-hybridized carbons (Fsp3) is 0.364. The largest absolute Gasteiger partial charge is 0.281 e. The summed E-state index contributed by atoms with van der Waals surface area (Å²) in [5, 5.41) is 1.13. The SMILES string of the molecule is C=S(C)(=O)c1cccc(-c2ccc(-n3c(CC(C)C)nc(C(C)C)c3Br)s2)c1. The summed E-state index contributed by atoms with van der Waals surface area (Å²) in [6.45, 7) is 8.77. The molecule has 6 heteroatoms. The Morgan fingerprint density at radius 3 is 2.54 bits per heavy atom. The first kappa shape index (κ1) is 21.3. The van der Waals surface area contributed by atoms with Crippen molar-refractivity contribution in [1.82, 2.24) is 9.55 Å². The zero-order valence-corrected chi connectivity index (χ0v) is 20.2. The van der Waals surface area contributed by atoms with Crippen molar-refractivity contribution >= 4 is 42.7 Å². The second kappa shape index (κ2) is 8.17. The van der Waals surface area contributed by atoms with Crippen LogP contribution in [0, 0.1) is 5.92 Å². The van der Waals surface area contributed by atoms with E-state index in [0.29, 0.717) is 11.8 Å². The Labute approximate surface area is 181 Å². The summed E-state index contributed by atoms with van der Waals surface area (Å²) in [7, 11) is -2.23. The van der Waals surface area contributed by atoms with Crippen LogP contribution in [0.1, 0.15) is 45.1 Å². The standard InChI is InChI=1S/C22H27BrN2OS2/c1-14(2)12-19-24-21(15(3)4)22(23)25(19)20-11-10-18(27-20)16-8-7-9-17(13-16)28(5,6)26/h7-11,13-15H,5,12H2,1-4,6H3. The van der Waals surface area contributed by atoms with E-state index in [4.69, 9.17) is 4.98 Å². The summed E-state index contributed by atoms with van der Waals surface area (Å²) in [6, 6.07) is 12.1. The maximum absolute atomic E-state index is 12.3. The summed E-state index contributed by atoms with van der Waals surface area (Å²) in [5.41, 5.74) is 2.16. The molecule has 0 saturated carbocycles. The van der Waals surface area contributed by atoms with E-state index in [1.807, 2.05) is 18.2 Å². The third-order valence-electron chi connectivity index (χ3n) is 4.48. The van der Waals surface area contributed by atoms with E-state index in [2.05, 4.69) is 72.3 Å². The highest BCUT2D eigenvalue weighted by molar-refractivity contribution is 9.10. The summed E-state index contributed by atoms with van der Waals surface area (Å²) in [4.78, 5) is 6.86. The number of imidazole rings is 1. The minimum Gasteiger partial charge on any atom is -0.281 e. The highest BCUT2D eigenvalue weighted by Crippen LogP contribution is 2.36. The molecule has 2 heterocycles. The number of halogens is 1. The smallest absolute Gasteiger partial charge is 0.115 e. The fourth-order valence-electron chi connectivity index (χ4n) is 3.08. The van der Waals surface area contributed by atoms with Gasteiger partial charge in [-0.3, -0.25) is 8.78 Å². The Kier molecular flexibility index (Phi) is 6.23. The minimum atomic E-state index is -2.23. The lowest BCUT2D eigenvalue weighted by Gasteiger charge is -2.09. The highest BCUT2D eigenvalue weighted by atomic mass is 79.9. The van der Waals surface area contributed by atoms with Crippen molar-refractivity contribution in [2.75, 3.05) is 6.26 Å². The second-order valence-corrected chi connectivity index (χ2v) is 12.3. The van der Waals surface area contributed by atoms with E-state index in [1.165, 1.54) is 0 Å². The minimum absolute atomic E-state index is 0.354. The van der Waals surface area contributed by atoms with Crippen molar-refractivity contribution in [2.45, 2.75) is 44.9 Å². The molecule has 28 heavy (non-hydrogen) atoms. The molecule has 3 rings (SSSR count). The molecule has 0 aliphatic rings. The zero-order valence-electron chi connectivity index (χ0n) is 17.0. The van der Waals surface area contributed by atoms with Crippen LogP contribution in [0.3, 0.4) is 0 Å². The van der Waals surface area contributed by atoms with Gasteiger partial charge in [-0.15, -0.1) is 11.3 Å². The first-order valence-corrected chi connectivity index (χ1v) is 13.1. The van der Waals surface area contributed by atoms with Crippen LogP contribution in [-0.2, 0) is 15.9 Å². The Bertz CT molecular complexity index is 1090. The number of benzene rings is 1. The van der Waals surface area contributed by atoms with Crippen LogP contribution in [0.15, 0.2) is 45.9 Å². The Balaban J connectivity index is 2.08. The summed E-state index contributed by atoms with van der Waals surface area (Å²) >= 11 is 5.51. The van der Waals surface area contributed by atoms with Crippen molar-refractivity contribution in [2.24, 2.45) is 5.92 Å². The Hall–Kier alpha value is -1.37. The van der Waals surface area contributed by atoms with E-state index < -0.39 is 9.52 Å². The highest BCUT2D eigenvalue weighted by Gasteiger charge is 2.20. The van der Waals surface area contributed by atoms with E-state index in [0.717, 1.165) is 42.9 Å². The Morgan fingerprint density at radius 2 is 1.93 bits per heavy atom. The van der Waals surface area contributed by atoms with Crippen molar-refractivity contribution in [3.63, 3.8) is 0 Å². The molecule has 0 spiro atoms. The summed E-state index contributed by atoms with van der Waals surface area (Å²) in [5.74, 6) is 5.78. The first-order valence-electron chi connectivity index (χ1n) is 9.37. The topological polar surface area (TPSA) is 34.9 Å². The summed E-state index contributed by atoms with van der Waals surface area (Å²) in [6.07, 6.45) is 2.60. The van der Waals surface area contributed by atoms with E-state index >= 15 is 0 Å². The quantitative estimate of drug-likeness (QED) is 0.384. The van der Waals surface area contributed by atoms with Gasteiger partial charge in [0.15, 0.2) is 0 Å². The van der Waals surface area contributed by atoms with E-state index in [9.17, 15) is 4.21 Å². The molecule has 1 atom stereocenters. The molecule has 3 aromatic rings. The molecule has 0 N–H and O–H groups in total. The van der Waals surface area contributed by atoms with Crippen molar-refractivity contribution in [3.05, 3.63) is 52.5 Å². The van der Waals surface area contributed by atoms with Crippen molar-refractivity contribution in [3.8, 4) is 15.4 Å². The molecule has 1 unspecified atom stereocenters. The van der Waals surface area contributed by atoms with Gasteiger partial charge in [0.2, 0.25) is 0 Å². The lowest BCUT2D eigenvalue weighted by molar-refractivity contribution is 0.613. The average molecular weight is 480 g/mol. The number of thiophene rings is 1. The molecular weight excluding hydrogens is 452 g/mol. The lowest BCUT2D eigenvalue weighted by atomic mass is 10.1. The van der Waals surface area contributed by atoms with Crippen LogP contribution >= 0.6 is 27.3 Å². The maximum atomic E-state index is 12.3. The third kappa shape index (κ3) is 4.44. The molecule has 0 saturated heterocycles. The lowest BCUT2D eigenvalue weighted by Crippen LogP contribution is -2.04. The van der Waals surface area contributed by atoms with Crippen LogP contribution in [0.2, 0.25) is 0 Å². The summed E-state index contributed by atoms with van der Waals surface area (Å²) < 4.78 is 15.6. The predicted octanol–water partition coefficient (Wildman–Crippen LogP) is 6.39. The van der Waals surface area contributed by atoms with Crippen LogP contribution < -0.4 is 0 Å². The maximum Gasteiger partial charge on any atom is 0.115 e. The van der Waals surface area contributed by atoms with Gasteiger partial charge in [0.05, 0.1) is 5.69 Å². The van der Waals surface area contributed by atoms with Crippen molar-refractivity contribution < 1.29 is 4.21 Å². The van der Waals surface area contributed by atoms with Gasteiger partial charge in [-0.1, -0.05) is 39.8 Å². The van der Waals surface area contributed by atoms with Gasteiger partial charge < -0.3 is 0 Å². The number of aromatic nitrogens is 2. The average Bonchev–Trinajstić information content (AvgIpc) is 3.18. The second-order valence-electron chi connectivity index (χ2n) is 7.96. The van der Waals surface area contributed by atoms with Crippen LogP contribution in [0.25, 0.3) is 15.4 Å². The van der Waals surface area contributed by atoms with Gasteiger partial charge in [0, 0.05) is 22.4 Å². The van der Waals surface area contributed by atoms with Crippen LogP contribution in [-0.4, -0.2) is 25.9 Å². The predicted molar refractivity (Wildman–Crippen MR) is 127 cm³/mol. The number of hydrogen-bond donors (Lipinski definition) is 0. The van der Waals surface area contributed by atoms with Gasteiger partial charge in [0.25, 0.3) is 0 Å². The van der Waals surface area contributed by atoms with Gasteiger partial charge >= 0.3 is 0 Å². The zero-order chi connectivity index (χ0) is 20.6. The molecule has 0 aliphatic heterocycles. The van der Waals surface area contributed by atoms with Crippen molar-refractivity contribution in [1.29, 1.82) is 0 Å². The monoisotopic (exact) mass is 478 g/mol. The van der Waals surface area contributed by atoms with Gasteiger partial charge in [-0.25, -0.2) is 4.98 Å². The van der Waals surface area contributed by atoms with E-state index in [-0.39, 0.29) is 0 Å². The van der Waals surface area contributed by atoms with Crippen LogP contribution in [0.4, 0.5) is 0 Å². The third-order valence-corrected chi connectivity index (χ3v) is 7.61.